The van der Waals surface area contributed by atoms with E-state index in [1.54, 1.807) is 6.92 Å². The van der Waals surface area contributed by atoms with Crippen molar-refractivity contribution in [2.45, 2.75) is 50.7 Å². The first kappa shape index (κ1) is 14.4. The maximum atomic E-state index is 11.1. The van der Waals surface area contributed by atoms with E-state index in [9.17, 15) is 15.0 Å². The zero-order valence-corrected chi connectivity index (χ0v) is 10.4. The minimum absolute atomic E-state index is 0.00233. The van der Waals surface area contributed by atoms with Crippen LogP contribution in [0.2, 0.25) is 0 Å². The van der Waals surface area contributed by atoms with Gasteiger partial charge < -0.3 is 20.3 Å². The van der Waals surface area contributed by atoms with Gasteiger partial charge in [-0.2, -0.15) is 0 Å². The second-order valence-electron chi connectivity index (χ2n) is 4.69. The van der Waals surface area contributed by atoms with Crippen LogP contribution < -0.4 is 5.32 Å². The van der Waals surface area contributed by atoms with Crippen molar-refractivity contribution in [2.75, 3.05) is 19.8 Å². The smallest absolute Gasteiger partial charge is 0.308 e. The predicted octanol–water partition coefficient (Wildman–Crippen LogP) is 0.195. The van der Waals surface area contributed by atoms with Gasteiger partial charge in [0.15, 0.2) is 0 Å². The number of ether oxygens (including phenoxy) is 1. The molecule has 1 fully saturated rings. The van der Waals surface area contributed by atoms with Gasteiger partial charge in [0.05, 0.1) is 25.7 Å². The number of carbonyl (C=O) groups is 1. The van der Waals surface area contributed by atoms with Crippen molar-refractivity contribution in [3.05, 3.63) is 0 Å². The lowest BCUT2D eigenvalue weighted by molar-refractivity contribution is -0.145. The van der Waals surface area contributed by atoms with Crippen LogP contribution in [0.25, 0.3) is 0 Å². The van der Waals surface area contributed by atoms with Crippen LogP contribution in [-0.2, 0) is 9.53 Å². The Bertz CT molecular complexity index is 239. The molecular formula is C12H23NO4. The molecule has 1 aliphatic rings. The Labute approximate surface area is 102 Å². The molecule has 0 heterocycles. The number of hydrogen-bond acceptors (Lipinski definition) is 5. The Morgan fingerprint density at radius 2 is 2.12 bits per heavy atom. The number of nitrogens with one attached hydrogen (secondary N) is 1. The third-order valence-electron chi connectivity index (χ3n) is 3.28. The molecule has 0 spiro atoms. The second-order valence-corrected chi connectivity index (χ2v) is 4.69. The van der Waals surface area contributed by atoms with Crippen LogP contribution in [0.1, 0.15) is 39.0 Å². The first-order valence-electron chi connectivity index (χ1n) is 6.31. The zero-order chi connectivity index (χ0) is 12.7. The number of rotatable bonds is 7. The number of carbonyl (C=O) groups excluding carboxylic acids is 1. The minimum Gasteiger partial charge on any atom is -0.466 e. The first-order chi connectivity index (χ1) is 8.12. The van der Waals surface area contributed by atoms with Gasteiger partial charge in [-0.15, -0.1) is 0 Å². The third-order valence-corrected chi connectivity index (χ3v) is 3.28. The lowest BCUT2D eigenvalue weighted by Gasteiger charge is -2.29. The standard InChI is InChI=1S/C12H23NO4/c1-2-17-11(16)7-10(15)8-13-12(9-14)5-3-4-6-12/h10,13-15H,2-9H2,1H3. The van der Waals surface area contributed by atoms with Crippen molar-refractivity contribution < 1.29 is 19.7 Å². The summed E-state index contributed by atoms with van der Waals surface area (Å²) in [5, 5.41) is 22.2. The fraction of sp³-hybridized carbons (Fsp3) is 0.917. The minimum atomic E-state index is -0.752. The topological polar surface area (TPSA) is 78.8 Å². The van der Waals surface area contributed by atoms with Crippen molar-refractivity contribution in [2.24, 2.45) is 0 Å². The summed E-state index contributed by atoms with van der Waals surface area (Å²) in [5.74, 6) is -0.383. The Hall–Kier alpha value is -0.650. The van der Waals surface area contributed by atoms with Crippen molar-refractivity contribution in [3.63, 3.8) is 0 Å². The Morgan fingerprint density at radius 1 is 1.47 bits per heavy atom. The monoisotopic (exact) mass is 245 g/mol. The summed E-state index contributed by atoms with van der Waals surface area (Å²) in [4.78, 5) is 11.1. The SMILES string of the molecule is CCOC(=O)CC(O)CNC1(CO)CCCC1. The van der Waals surface area contributed by atoms with Gasteiger partial charge in [0, 0.05) is 12.1 Å². The van der Waals surface area contributed by atoms with Crippen LogP contribution in [0, 0.1) is 0 Å². The van der Waals surface area contributed by atoms with Crippen molar-refractivity contribution in [1.29, 1.82) is 0 Å². The van der Waals surface area contributed by atoms with E-state index < -0.39 is 6.10 Å². The molecule has 1 aliphatic carbocycles. The highest BCUT2D eigenvalue weighted by atomic mass is 16.5. The molecule has 1 atom stereocenters. The summed E-state index contributed by atoms with van der Waals surface area (Å²) in [6, 6.07) is 0. The molecule has 1 saturated carbocycles. The molecule has 0 radical (unpaired) electrons. The van der Waals surface area contributed by atoms with Crippen LogP contribution >= 0.6 is 0 Å². The van der Waals surface area contributed by atoms with Crippen LogP contribution in [0.4, 0.5) is 0 Å². The molecule has 0 amide bonds. The highest BCUT2D eigenvalue weighted by Crippen LogP contribution is 2.28. The van der Waals surface area contributed by atoms with Crippen molar-refractivity contribution in [1.82, 2.24) is 5.32 Å². The van der Waals surface area contributed by atoms with Crippen molar-refractivity contribution >= 4 is 5.97 Å². The molecule has 1 rings (SSSR count). The largest absolute Gasteiger partial charge is 0.466 e. The molecule has 1 unspecified atom stereocenters. The molecule has 0 saturated heterocycles. The van der Waals surface area contributed by atoms with Gasteiger partial charge in [-0.05, 0) is 19.8 Å². The van der Waals surface area contributed by atoms with Gasteiger partial charge in [0.25, 0.3) is 0 Å². The molecule has 5 nitrogen and oxygen atoms in total. The van der Waals surface area contributed by atoms with E-state index in [0.717, 1.165) is 25.7 Å². The van der Waals surface area contributed by atoms with E-state index in [1.165, 1.54) is 0 Å². The lowest BCUT2D eigenvalue weighted by atomic mass is 9.98. The molecule has 17 heavy (non-hydrogen) atoms. The number of aliphatic hydroxyl groups is 2. The number of hydrogen-bond donors (Lipinski definition) is 3. The highest BCUT2D eigenvalue weighted by Gasteiger charge is 2.33. The van der Waals surface area contributed by atoms with Gasteiger partial charge >= 0.3 is 5.97 Å². The van der Waals surface area contributed by atoms with Crippen LogP contribution in [-0.4, -0.2) is 47.6 Å². The molecular weight excluding hydrogens is 222 g/mol. The van der Waals surface area contributed by atoms with Gasteiger partial charge in [-0.25, -0.2) is 0 Å². The van der Waals surface area contributed by atoms with Crippen LogP contribution in [0.5, 0.6) is 0 Å². The van der Waals surface area contributed by atoms with Gasteiger partial charge in [-0.3, -0.25) is 4.79 Å². The average Bonchev–Trinajstić information content (AvgIpc) is 2.76. The normalized spacial score (nSPS) is 20.2. The first-order valence-corrected chi connectivity index (χ1v) is 6.31. The molecule has 0 bridgehead atoms. The summed E-state index contributed by atoms with van der Waals surface area (Å²) in [5.41, 5.74) is -0.254. The highest BCUT2D eigenvalue weighted by molar-refractivity contribution is 5.69. The Balaban J connectivity index is 2.26. The molecule has 100 valence electrons. The third kappa shape index (κ3) is 4.61. The van der Waals surface area contributed by atoms with E-state index in [2.05, 4.69) is 5.32 Å². The van der Waals surface area contributed by atoms with Crippen molar-refractivity contribution in [3.8, 4) is 0 Å². The number of esters is 1. The molecule has 3 N–H and O–H groups in total. The number of aliphatic hydroxyl groups excluding tert-OH is 2. The maximum Gasteiger partial charge on any atom is 0.308 e. The molecule has 0 aromatic carbocycles. The predicted molar refractivity (Wildman–Crippen MR) is 63.5 cm³/mol. The van der Waals surface area contributed by atoms with E-state index in [-0.39, 0.29) is 24.5 Å². The van der Waals surface area contributed by atoms with Gasteiger partial charge in [-0.1, -0.05) is 12.8 Å². The molecule has 0 aliphatic heterocycles. The molecule has 0 aromatic heterocycles. The van der Waals surface area contributed by atoms with Gasteiger partial charge in [0.1, 0.15) is 0 Å². The Morgan fingerprint density at radius 3 is 2.65 bits per heavy atom. The number of β-amino-alcohol motifs (C(OH)–C–C–N with tert-alkyl or cyclic N) is 1. The summed E-state index contributed by atoms with van der Waals surface area (Å²) < 4.78 is 4.76. The maximum absolute atomic E-state index is 11.1. The van der Waals surface area contributed by atoms with E-state index >= 15 is 0 Å². The van der Waals surface area contributed by atoms with E-state index in [1.807, 2.05) is 0 Å². The average molecular weight is 245 g/mol. The summed E-state index contributed by atoms with van der Waals surface area (Å²) in [6.45, 7) is 2.47. The second kappa shape index (κ2) is 6.93. The van der Waals surface area contributed by atoms with Gasteiger partial charge in [0.2, 0.25) is 0 Å². The fourth-order valence-electron chi connectivity index (χ4n) is 2.26. The van der Waals surface area contributed by atoms with E-state index in [0.29, 0.717) is 13.2 Å². The van der Waals surface area contributed by atoms with E-state index in [4.69, 9.17) is 4.74 Å². The molecule has 5 heteroatoms. The van der Waals surface area contributed by atoms with Crippen LogP contribution in [0.3, 0.4) is 0 Å². The summed E-state index contributed by atoms with van der Waals surface area (Å²) in [6.07, 6.45) is 3.30. The molecule has 0 aromatic rings. The Kier molecular flexibility index (Phi) is 5.88. The lowest BCUT2D eigenvalue weighted by Crippen LogP contribution is -2.49. The summed E-state index contributed by atoms with van der Waals surface area (Å²) >= 11 is 0. The summed E-state index contributed by atoms with van der Waals surface area (Å²) in [7, 11) is 0. The quantitative estimate of drug-likeness (QED) is 0.558. The zero-order valence-electron chi connectivity index (χ0n) is 10.4. The van der Waals surface area contributed by atoms with Crippen LogP contribution in [0.15, 0.2) is 0 Å². The fourth-order valence-corrected chi connectivity index (χ4v) is 2.26.